The minimum Gasteiger partial charge on any atom is -0.507 e. The second-order valence-corrected chi connectivity index (χ2v) is 7.88. The number of ether oxygens (including phenoxy) is 1. The van der Waals surface area contributed by atoms with Gasteiger partial charge in [0, 0.05) is 24.7 Å². The van der Waals surface area contributed by atoms with Crippen LogP contribution in [-0.4, -0.2) is 70.9 Å². The third kappa shape index (κ3) is 4.80. The van der Waals surface area contributed by atoms with Gasteiger partial charge < -0.3 is 24.7 Å². The Kier molecular flexibility index (Phi) is 6.98. The quantitative estimate of drug-likeness (QED) is 0.204. The van der Waals surface area contributed by atoms with Gasteiger partial charge in [-0.05, 0) is 44.8 Å². The summed E-state index contributed by atoms with van der Waals surface area (Å²) in [6.07, 6.45) is 0.541. The van der Waals surface area contributed by atoms with E-state index in [0.29, 0.717) is 24.3 Å². The normalized spacial score (nSPS) is 17.6. The van der Waals surface area contributed by atoms with E-state index in [9.17, 15) is 29.9 Å². The Balaban J connectivity index is 2.16. The van der Waals surface area contributed by atoms with Crippen LogP contribution in [0.1, 0.15) is 23.6 Å². The number of carbonyl (C=O) groups excluding carboxylic acids is 2. The average molecular weight is 455 g/mol. The van der Waals surface area contributed by atoms with Crippen molar-refractivity contribution in [3.05, 3.63) is 69.3 Å². The molecule has 2 N–H and O–H groups in total. The summed E-state index contributed by atoms with van der Waals surface area (Å²) < 4.78 is 5.05. The van der Waals surface area contributed by atoms with Crippen LogP contribution in [0, 0.1) is 10.1 Å². The van der Waals surface area contributed by atoms with E-state index in [0.717, 1.165) is 0 Å². The fraction of sp³-hybridized carbons (Fsp3) is 0.304. The highest BCUT2D eigenvalue weighted by atomic mass is 16.6. The molecule has 0 unspecified atom stereocenters. The molecule has 1 amide bonds. The number of carbonyl (C=O) groups is 2. The van der Waals surface area contributed by atoms with Gasteiger partial charge in [0.15, 0.2) is 0 Å². The Morgan fingerprint density at radius 2 is 1.94 bits per heavy atom. The molecule has 0 radical (unpaired) electrons. The van der Waals surface area contributed by atoms with E-state index in [1.165, 1.54) is 48.4 Å². The number of nitrogens with zero attached hydrogens (tertiary/aromatic N) is 3. The lowest BCUT2D eigenvalue weighted by atomic mass is 9.94. The smallest absolute Gasteiger partial charge is 0.295 e. The second kappa shape index (κ2) is 9.70. The van der Waals surface area contributed by atoms with Gasteiger partial charge >= 0.3 is 0 Å². The lowest BCUT2D eigenvalue weighted by Gasteiger charge is -2.26. The van der Waals surface area contributed by atoms with Crippen LogP contribution in [0.5, 0.6) is 11.5 Å². The number of amides is 1. The van der Waals surface area contributed by atoms with Gasteiger partial charge in [-0.3, -0.25) is 19.7 Å². The van der Waals surface area contributed by atoms with Crippen LogP contribution < -0.4 is 4.74 Å². The summed E-state index contributed by atoms with van der Waals surface area (Å²) in [4.78, 5) is 39.9. The molecule has 10 heteroatoms. The summed E-state index contributed by atoms with van der Waals surface area (Å²) in [5.74, 6) is -2.32. The van der Waals surface area contributed by atoms with Crippen molar-refractivity contribution in [2.24, 2.45) is 0 Å². The number of likely N-dealkylation sites (tertiary alicyclic amines) is 1. The van der Waals surface area contributed by atoms with E-state index in [1.807, 2.05) is 19.0 Å². The van der Waals surface area contributed by atoms with Crippen LogP contribution in [0.2, 0.25) is 0 Å². The van der Waals surface area contributed by atoms with Crippen molar-refractivity contribution in [3.8, 4) is 11.5 Å². The lowest BCUT2D eigenvalue weighted by molar-refractivity contribution is -0.384. The van der Waals surface area contributed by atoms with Gasteiger partial charge in [-0.15, -0.1) is 0 Å². The number of aromatic hydroxyl groups is 1. The summed E-state index contributed by atoms with van der Waals surface area (Å²) >= 11 is 0. The molecule has 0 aromatic heterocycles. The number of hydrogen-bond donors (Lipinski definition) is 2. The van der Waals surface area contributed by atoms with Crippen molar-refractivity contribution in [1.82, 2.24) is 9.80 Å². The van der Waals surface area contributed by atoms with E-state index in [2.05, 4.69) is 0 Å². The number of aliphatic hydroxyl groups excluding tert-OH is 1. The SMILES string of the molecule is COc1ccc(C(O)=C2C(=O)C(=O)N(CCCN(C)C)[C@@H]2c2cccc([N+](=O)[O-])c2)c(O)c1. The number of phenolic OH excluding ortho intramolecular Hbond substituents is 1. The monoisotopic (exact) mass is 455 g/mol. The van der Waals surface area contributed by atoms with E-state index in [-0.39, 0.29) is 29.1 Å². The first-order valence-electron chi connectivity index (χ1n) is 10.2. The number of ketones is 1. The summed E-state index contributed by atoms with van der Waals surface area (Å²) in [5.41, 5.74) is -0.204. The van der Waals surface area contributed by atoms with Crippen molar-refractivity contribution < 1.29 is 29.5 Å². The molecule has 3 rings (SSSR count). The third-order valence-corrected chi connectivity index (χ3v) is 5.40. The highest BCUT2D eigenvalue weighted by Crippen LogP contribution is 2.42. The maximum absolute atomic E-state index is 13.0. The number of phenols is 1. The molecule has 2 aromatic rings. The number of Topliss-reactive ketones (excluding diaryl/α,β-unsaturated/α-hetero) is 1. The molecule has 174 valence electrons. The maximum atomic E-state index is 13.0. The molecular formula is C23H25N3O7. The van der Waals surface area contributed by atoms with Crippen LogP contribution in [0.3, 0.4) is 0 Å². The predicted octanol–water partition coefficient (Wildman–Crippen LogP) is 2.68. The van der Waals surface area contributed by atoms with Crippen molar-refractivity contribution in [3.63, 3.8) is 0 Å². The van der Waals surface area contributed by atoms with Crippen molar-refractivity contribution in [2.45, 2.75) is 12.5 Å². The molecule has 1 atom stereocenters. The molecule has 1 fully saturated rings. The number of nitro benzene ring substituents is 1. The van der Waals surface area contributed by atoms with Gasteiger partial charge in [-0.1, -0.05) is 12.1 Å². The highest BCUT2D eigenvalue weighted by Gasteiger charge is 2.46. The number of non-ortho nitro benzene ring substituents is 1. The Morgan fingerprint density at radius 1 is 1.21 bits per heavy atom. The summed E-state index contributed by atoms with van der Waals surface area (Å²) in [6.45, 7) is 0.839. The Bertz CT molecular complexity index is 1130. The standard InChI is InChI=1S/C23H25N3O7/c1-24(2)10-5-11-25-20(14-6-4-7-15(12-14)26(31)32)19(22(29)23(25)30)21(28)17-9-8-16(33-3)13-18(17)27/h4,6-9,12-13,20,27-28H,5,10-11H2,1-3H3/t20-/m1/s1. The Hall–Kier alpha value is -3.92. The molecule has 1 heterocycles. The van der Waals surface area contributed by atoms with Gasteiger partial charge in [0.25, 0.3) is 17.4 Å². The maximum Gasteiger partial charge on any atom is 0.295 e. The molecule has 0 bridgehead atoms. The minimum absolute atomic E-state index is 0.0578. The number of hydrogen-bond acceptors (Lipinski definition) is 8. The fourth-order valence-electron chi connectivity index (χ4n) is 3.81. The highest BCUT2D eigenvalue weighted by molar-refractivity contribution is 6.46. The zero-order chi connectivity index (χ0) is 24.3. The van der Waals surface area contributed by atoms with E-state index < -0.39 is 28.4 Å². The topological polar surface area (TPSA) is 133 Å². The zero-order valence-electron chi connectivity index (χ0n) is 18.5. The molecule has 1 aliphatic heterocycles. The van der Waals surface area contributed by atoms with Crippen molar-refractivity contribution >= 4 is 23.1 Å². The first-order chi connectivity index (χ1) is 15.6. The molecule has 10 nitrogen and oxygen atoms in total. The van der Waals surface area contributed by atoms with Crippen LogP contribution in [0.25, 0.3) is 5.76 Å². The number of rotatable bonds is 8. The lowest BCUT2D eigenvalue weighted by Crippen LogP contribution is -2.32. The molecule has 1 saturated heterocycles. The largest absolute Gasteiger partial charge is 0.507 e. The van der Waals surface area contributed by atoms with Crippen LogP contribution in [0.4, 0.5) is 5.69 Å². The summed E-state index contributed by atoms with van der Waals surface area (Å²) in [5, 5.41) is 32.7. The van der Waals surface area contributed by atoms with Gasteiger partial charge in [0.1, 0.15) is 17.3 Å². The van der Waals surface area contributed by atoms with Crippen LogP contribution in [-0.2, 0) is 9.59 Å². The van der Waals surface area contributed by atoms with E-state index >= 15 is 0 Å². The number of benzene rings is 2. The van der Waals surface area contributed by atoms with Crippen LogP contribution >= 0.6 is 0 Å². The average Bonchev–Trinajstić information content (AvgIpc) is 3.03. The predicted molar refractivity (Wildman–Crippen MR) is 120 cm³/mol. The number of methoxy groups -OCH3 is 1. The Labute approximate surface area is 190 Å². The van der Waals surface area contributed by atoms with Crippen LogP contribution in [0.15, 0.2) is 48.0 Å². The molecular weight excluding hydrogens is 430 g/mol. The molecule has 0 spiro atoms. The number of aliphatic hydroxyl groups is 1. The number of nitro groups is 1. The molecule has 0 aliphatic carbocycles. The minimum atomic E-state index is -1.05. The zero-order valence-corrected chi connectivity index (χ0v) is 18.5. The molecule has 0 saturated carbocycles. The van der Waals surface area contributed by atoms with E-state index in [4.69, 9.17) is 4.74 Å². The Morgan fingerprint density at radius 3 is 2.55 bits per heavy atom. The van der Waals surface area contributed by atoms with Gasteiger partial charge in [0.2, 0.25) is 0 Å². The van der Waals surface area contributed by atoms with Crippen molar-refractivity contribution in [1.29, 1.82) is 0 Å². The third-order valence-electron chi connectivity index (χ3n) is 5.40. The van der Waals surface area contributed by atoms with Crippen molar-refractivity contribution in [2.75, 3.05) is 34.3 Å². The molecule has 1 aliphatic rings. The summed E-state index contributed by atoms with van der Waals surface area (Å²) in [7, 11) is 5.16. The summed E-state index contributed by atoms with van der Waals surface area (Å²) in [6, 6.07) is 8.67. The van der Waals surface area contributed by atoms with E-state index in [1.54, 1.807) is 6.07 Å². The van der Waals surface area contributed by atoms with Gasteiger partial charge in [0.05, 0.1) is 29.2 Å². The fourth-order valence-corrected chi connectivity index (χ4v) is 3.81. The molecule has 2 aromatic carbocycles. The van der Waals surface area contributed by atoms with Gasteiger partial charge in [-0.2, -0.15) is 0 Å². The first kappa shape index (κ1) is 23.7. The first-order valence-corrected chi connectivity index (χ1v) is 10.2. The molecule has 33 heavy (non-hydrogen) atoms. The van der Waals surface area contributed by atoms with Gasteiger partial charge in [-0.25, -0.2) is 0 Å². The second-order valence-electron chi connectivity index (χ2n) is 7.88.